The molecule has 20 heavy (non-hydrogen) atoms. The molecule has 1 aromatic carbocycles. The molecule has 1 atom stereocenters. The average molecular weight is 292 g/mol. The second kappa shape index (κ2) is 6.42. The molecule has 2 rings (SSSR count). The lowest BCUT2D eigenvalue weighted by Gasteiger charge is -2.10. The summed E-state index contributed by atoms with van der Waals surface area (Å²) in [5, 5.41) is 5.42. The fourth-order valence-electron chi connectivity index (χ4n) is 2.38. The van der Waals surface area contributed by atoms with Gasteiger partial charge >= 0.3 is 0 Å². The van der Waals surface area contributed by atoms with Crippen LogP contribution in [0.15, 0.2) is 24.3 Å². The van der Waals surface area contributed by atoms with Crippen molar-refractivity contribution >= 4 is 11.6 Å². The maximum absolute atomic E-state index is 6.22. The number of nitrogens with two attached hydrogens (primary N) is 1. The Hall–Kier alpha value is -1.32. The summed E-state index contributed by atoms with van der Waals surface area (Å²) in [5.41, 5.74) is 10.7. The SMILES string of the molecule is CCC(N)Cc1c(C)nn(Cc2ccccc2Cl)c1C. The largest absolute Gasteiger partial charge is 0.327 e. The molecule has 0 saturated carbocycles. The van der Waals surface area contributed by atoms with E-state index in [0.717, 1.165) is 29.1 Å². The standard InChI is InChI=1S/C16H22ClN3/c1-4-14(18)9-15-11(2)19-20(12(15)3)10-13-7-5-6-8-16(13)17/h5-8,14H,4,9-10,18H2,1-3H3. The van der Waals surface area contributed by atoms with Crippen LogP contribution in [0.2, 0.25) is 5.02 Å². The lowest BCUT2D eigenvalue weighted by Crippen LogP contribution is -2.22. The Kier molecular flexibility index (Phi) is 4.84. The molecule has 0 bridgehead atoms. The highest BCUT2D eigenvalue weighted by Gasteiger charge is 2.14. The van der Waals surface area contributed by atoms with E-state index < -0.39 is 0 Å². The van der Waals surface area contributed by atoms with Crippen LogP contribution in [0, 0.1) is 13.8 Å². The summed E-state index contributed by atoms with van der Waals surface area (Å²) in [7, 11) is 0. The Balaban J connectivity index is 2.26. The molecular formula is C16H22ClN3. The van der Waals surface area contributed by atoms with Gasteiger partial charge in [0.15, 0.2) is 0 Å². The topological polar surface area (TPSA) is 43.8 Å². The maximum atomic E-state index is 6.22. The smallest absolute Gasteiger partial charge is 0.0677 e. The molecule has 2 aromatic rings. The van der Waals surface area contributed by atoms with Crippen LogP contribution in [-0.2, 0) is 13.0 Å². The van der Waals surface area contributed by atoms with Gasteiger partial charge in [-0.25, -0.2) is 0 Å². The highest BCUT2D eigenvalue weighted by Crippen LogP contribution is 2.20. The van der Waals surface area contributed by atoms with Gasteiger partial charge in [-0.15, -0.1) is 0 Å². The molecule has 0 aliphatic rings. The van der Waals surface area contributed by atoms with Gasteiger partial charge in [0.25, 0.3) is 0 Å². The Morgan fingerprint density at radius 3 is 2.65 bits per heavy atom. The van der Waals surface area contributed by atoms with E-state index in [1.54, 1.807) is 0 Å². The Bertz CT molecular complexity index is 589. The third kappa shape index (κ3) is 3.22. The zero-order chi connectivity index (χ0) is 14.7. The van der Waals surface area contributed by atoms with Crippen LogP contribution in [0.1, 0.15) is 35.9 Å². The summed E-state index contributed by atoms with van der Waals surface area (Å²) in [4.78, 5) is 0. The molecule has 108 valence electrons. The molecule has 0 fully saturated rings. The minimum atomic E-state index is 0.199. The van der Waals surface area contributed by atoms with Crippen LogP contribution in [0.4, 0.5) is 0 Å². The number of aryl methyl sites for hydroxylation is 1. The van der Waals surface area contributed by atoms with Crippen molar-refractivity contribution in [2.24, 2.45) is 5.73 Å². The average Bonchev–Trinajstić information content (AvgIpc) is 2.69. The summed E-state index contributed by atoms with van der Waals surface area (Å²) in [6.45, 7) is 6.97. The van der Waals surface area contributed by atoms with Gasteiger partial charge in [-0.3, -0.25) is 4.68 Å². The lowest BCUT2D eigenvalue weighted by molar-refractivity contribution is 0.636. The first-order valence-electron chi connectivity index (χ1n) is 7.04. The third-order valence-corrected chi connectivity index (χ3v) is 4.17. The molecule has 4 heteroatoms. The van der Waals surface area contributed by atoms with Gasteiger partial charge in [0.1, 0.15) is 0 Å². The van der Waals surface area contributed by atoms with E-state index in [1.807, 2.05) is 35.9 Å². The molecular weight excluding hydrogens is 270 g/mol. The number of hydrogen-bond acceptors (Lipinski definition) is 2. The minimum Gasteiger partial charge on any atom is -0.327 e. The molecule has 1 unspecified atom stereocenters. The predicted molar refractivity (Wildman–Crippen MR) is 84.2 cm³/mol. The molecule has 1 aromatic heterocycles. The van der Waals surface area contributed by atoms with Gasteiger partial charge in [-0.1, -0.05) is 36.7 Å². The number of rotatable bonds is 5. The monoisotopic (exact) mass is 291 g/mol. The van der Waals surface area contributed by atoms with Gasteiger partial charge in [-0.2, -0.15) is 5.10 Å². The number of aromatic nitrogens is 2. The molecule has 0 amide bonds. The van der Waals surface area contributed by atoms with Gasteiger partial charge in [0.05, 0.1) is 12.2 Å². The lowest BCUT2D eigenvalue weighted by atomic mass is 10.0. The normalized spacial score (nSPS) is 12.7. The van der Waals surface area contributed by atoms with Gasteiger partial charge < -0.3 is 5.73 Å². The van der Waals surface area contributed by atoms with Crippen molar-refractivity contribution in [3.8, 4) is 0 Å². The quantitative estimate of drug-likeness (QED) is 0.916. The van der Waals surface area contributed by atoms with Crippen molar-refractivity contribution < 1.29 is 0 Å². The first-order valence-corrected chi connectivity index (χ1v) is 7.42. The van der Waals surface area contributed by atoms with Crippen LogP contribution >= 0.6 is 11.6 Å². The van der Waals surface area contributed by atoms with Crippen molar-refractivity contribution in [3.05, 3.63) is 51.8 Å². The second-order valence-electron chi connectivity index (χ2n) is 5.27. The van der Waals surface area contributed by atoms with Gasteiger partial charge in [-0.05, 0) is 43.9 Å². The van der Waals surface area contributed by atoms with E-state index in [1.165, 1.54) is 11.3 Å². The first kappa shape index (κ1) is 15.1. The first-order chi connectivity index (χ1) is 9.52. The van der Waals surface area contributed by atoms with Crippen LogP contribution in [0.5, 0.6) is 0 Å². The summed E-state index contributed by atoms with van der Waals surface area (Å²) in [6, 6.07) is 8.09. The molecule has 3 nitrogen and oxygen atoms in total. The van der Waals surface area contributed by atoms with Crippen LogP contribution in [0.25, 0.3) is 0 Å². The number of nitrogens with zero attached hydrogens (tertiary/aromatic N) is 2. The van der Waals surface area contributed by atoms with E-state index in [-0.39, 0.29) is 6.04 Å². The van der Waals surface area contributed by atoms with E-state index >= 15 is 0 Å². The van der Waals surface area contributed by atoms with Crippen molar-refractivity contribution in [3.63, 3.8) is 0 Å². The number of halogens is 1. The molecule has 0 aliphatic carbocycles. The van der Waals surface area contributed by atoms with E-state index in [4.69, 9.17) is 17.3 Å². The molecule has 0 spiro atoms. The zero-order valence-corrected chi connectivity index (χ0v) is 13.1. The summed E-state index contributed by atoms with van der Waals surface area (Å²) < 4.78 is 2.02. The van der Waals surface area contributed by atoms with E-state index in [2.05, 4.69) is 18.9 Å². The third-order valence-electron chi connectivity index (χ3n) is 3.80. The fourth-order valence-corrected chi connectivity index (χ4v) is 2.57. The highest BCUT2D eigenvalue weighted by molar-refractivity contribution is 6.31. The molecule has 0 radical (unpaired) electrons. The van der Waals surface area contributed by atoms with Crippen molar-refractivity contribution in [1.29, 1.82) is 0 Å². The van der Waals surface area contributed by atoms with Crippen LogP contribution in [-0.4, -0.2) is 15.8 Å². The van der Waals surface area contributed by atoms with Gasteiger partial charge in [0, 0.05) is 16.8 Å². The Morgan fingerprint density at radius 2 is 2.00 bits per heavy atom. The highest BCUT2D eigenvalue weighted by atomic mass is 35.5. The molecule has 2 N–H and O–H groups in total. The molecule has 1 heterocycles. The number of hydrogen-bond donors (Lipinski definition) is 1. The fraction of sp³-hybridized carbons (Fsp3) is 0.438. The van der Waals surface area contributed by atoms with Gasteiger partial charge in [0.2, 0.25) is 0 Å². The van der Waals surface area contributed by atoms with Crippen molar-refractivity contribution in [2.45, 2.75) is 46.2 Å². The van der Waals surface area contributed by atoms with E-state index in [9.17, 15) is 0 Å². The van der Waals surface area contributed by atoms with E-state index in [0.29, 0.717) is 6.54 Å². The summed E-state index contributed by atoms with van der Waals surface area (Å²) >= 11 is 6.22. The molecule has 0 aliphatic heterocycles. The van der Waals surface area contributed by atoms with Crippen molar-refractivity contribution in [2.75, 3.05) is 0 Å². The van der Waals surface area contributed by atoms with Crippen molar-refractivity contribution in [1.82, 2.24) is 9.78 Å². The Morgan fingerprint density at radius 1 is 1.30 bits per heavy atom. The Labute approximate surface area is 125 Å². The maximum Gasteiger partial charge on any atom is 0.0677 e. The van der Waals surface area contributed by atoms with Crippen LogP contribution < -0.4 is 5.73 Å². The second-order valence-corrected chi connectivity index (χ2v) is 5.68. The zero-order valence-electron chi connectivity index (χ0n) is 12.4. The minimum absolute atomic E-state index is 0.199. The summed E-state index contributed by atoms with van der Waals surface area (Å²) in [6.07, 6.45) is 1.87. The summed E-state index contributed by atoms with van der Waals surface area (Å²) in [5.74, 6) is 0. The van der Waals surface area contributed by atoms with Crippen LogP contribution in [0.3, 0.4) is 0 Å². The molecule has 0 saturated heterocycles. The predicted octanol–water partition coefficient (Wildman–Crippen LogP) is 3.48. The number of benzene rings is 1.